The van der Waals surface area contributed by atoms with Crippen molar-refractivity contribution in [3.63, 3.8) is 0 Å². The second kappa shape index (κ2) is 5.00. The summed E-state index contributed by atoms with van der Waals surface area (Å²) in [7, 11) is 0. The van der Waals surface area contributed by atoms with Crippen LogP contribution in [-0.2, 0) is 6.42 Å². The Morgan fingerprint density at radius 2 is 2.11 bits per heavy atom. The Labute approximate surface area is 112 Å². The number of hydrogen-bond donors (Lipinski definition) is 2. The van der Waals surface area contributed by atoms with Crippen LogP contribution in [0.5, 0.6) is 0 Å². The molecule has 1 fully saturated rings. The Hall–Kier alpha value is -0.900. The van der Waals surface area contributed by atoms with Crippen molar-refractivity contribution in [2.75, 3.05) is 19.7 Å². The maximum Gasteiger partial charge on any atom is 0.0499 e. The highest BCUT2D eigenvalue weighted by molar-refractivity contribution is 7.17. The molecule has 2 N–H and O–H groups in total. The molecular weight excluding hydrogens is 242 g/mol. The summed E-state index contributed by atoms with van der Waals surface area (Å²) in [4.78, 5) is 0. The van der Waals surface area contributed by atoms with Crippen molar-refractivity contribution < 1.29 is 5.11 Å². The predicted octanol–water partition coefficient (Wildman–Crippen LogP) is 2.81. The van der Waals surface area contributed by atoms with Crippen LogP contribution < -0.4 is 5.32 Å². The lowest BCUT2D eigenvalue weighted by atomic mass is 10.1. The van der Waals surface area contributed by atoms with E-state index in [0.717, 1.165) is 19.5 Å². The Kier molecular flexibility index (Phi) is 3.37. The summed E-state index contributed by atoms with van der Waals surface area (Å²) in [6.45, 7) is 2.30. The van der Waals surface area contributed by atoms with E-state index in [-0.39, 0.29) is 5.41 Å². The molecule has 2 aromatic rings. The van der Waals surface area contributed by atoms with Crippen LogP contribution in [0.3, 0.4) is 0 Å². The largest absolute Gasteiger partial charge is 0.396 e. The van der Waals surface area contributed by atoms with Crippen LogP contribution in [0, 0.1) is 5.41 Å². The average molecular weight is 261 g/mol. The molecule has 18 heavy (non-hydrogen) atoms. The molecule has 0 unspecified atom stereocenters. The van der Waals surface area contributed by atoms with E-state index in [9.17, 15) is 5.11 Å². The number of rotatable bonds is 6. The summed E-state index contributed by atoms with van der Waals surface area (Å²) in [5.41, 5.74) is 1.66. The molecule has 0 atom stereocenters. The number of hydrogen-bond acceptors (Lipinski definition) is 3. The van der Waals surface area contributed by atoms with E-state index in [1.807, 2.05) is 11.3 Å². The third kappa shape index (κ3) is 2.44. The molecule has 1 aliphatic carbocycles. The topological polar surface area (TPSA) is 32.3 Å². The number of benzene rings is 1. The molecular formula is C15H19NOS. The monoisotopic (exact) mass is 261 g/mol. The summed E-state index contributed by atoms with van der Waals surface area (Å²) >= 11 is 1.83. The Bertz CT molecular complexity index is 530. The van der Waals surface area contributed by atoms with Gasteiger partial charge in [0, 0.05) is 23.3 Å². The van der Waals surface area contributed by atoms with Gasteiger partial charge in [0.15, 0.2) is 0 Å². The minimum Gasteiger partial charge on any atom is -0.396 e. The van der Waals surface area contributed by atoms with Gasteiger partial charge < -0.3 is 10.4 Å². The number of aliphatic hydroxyl groups excluding tert-OH is 1. The fourth-order valence-electron chi connectivity index (χ4n) is 2.37. The smallest absolute Gasteiger partial charge is 0.0499 e. The quantitative estimate of drug-likeness (QED) is 0.784. The summed E-state index contributed by atoms with van der Waals surface area (Å²) in [6, 6.07) is 8.59. The van der Waals surface area contributed by atoms with Gasteiger partial charge in [-0.25, -0.2) is 0 Å². The van der Waals surface area contributed by atoms with E-state index in [1.165, 1.54) is 28.5 Å². The molecule has 0 bridgehead atoms. The average Bonchev–Trinajstić information content (AvgIpc) is 3.09. The predicted molar refractivity (Wildman–Crippen MR) is 77.2 cm³/mol. The summed E-state index contributed by atoms with van der Waals surface area (Å²) in [5, 5.41) is 16.4. The molecule has 0 radical (unpaired) electrons. The van der Waals surface area contributed by atoms with Gasteiger partial charge in [-0.2, -0.15) is 0 Å². The van der Waals surface area contributed by atoms with Gasteiger partial charge >= 0.3 is 0 Å². The molecule has 3 rings (SSSR count). The van der Waals surface area contributed by atoms with Gasteiger partial charge in [0.05, 0.1) is 0 Å². The minimum atomic E-state index is 0.219. The van der Waals surface area contributed by atoms with Gasteiger partial charge in [-0.3, -0.25) is 0 Å². The zero-order valence-electron chi connectivity index (χ0n) is 10.5. The normalized spacial score (nSPS) is 17.2. The van der Waals surface area contributed by atoms with Crippen LogP contribution in [0.15, 0.2) is 29.6 Å². The molecule has 0 saturated heterocycles. The third-order valence-corrected chi connectivity index (χ3v) is 4.94. The van der Waals surface area contributed by atoms with Crippen LogP contribution in [0.2, 0.25) is 0 Å². The zero-order valence-corrected chi connectivity index (χ0v) is 11.3. The molecule has 0 spiro atoms. The maximum atomic E-state index is 9.24. The van der Waals surface area contributed by atoms with Crippen LogP contribution in [-0.4, -0.2) is 24.8 Å². The molecule has 1 heterocycles. The van der Waals surface area contributed by atoms with E-state index in [2.05, 4.69) is 35.0 Å². The first-order valence-corrected chi connectivity index (χ1v) is 7.48. The van der Waals surface area contributed by atoms with Gasteiger partial charge in [0.1, 0.15) is 0 Å². The second-order valence-electron chi connectivity index (χ2n) is 5.34. The Morgan fingerprint density at radius 3 is 2.89 bits per heavy atom. The Morgan fingerprint density at radius 1 is 1.28 bits per heavy atom. The van der Waals surface area contributed by atoms with Crippen molar-refractivity contribution >= 4 is 21.4 Å². The van der Waals surface area contributed by atoms with E-state index in [0.29, 0.717) is 6.61 Å². The van der Waals surface area contributed by atoms with Crippen molar-refractivity contribution in [2.45, 2.75) is 19.3 Å². The van der Waals surface area contributed by atoms with Crippen molar-refractivity contribution in [2.24, 2.45) is 5.41 Å². The van der Waals surface area contributed by atoms with Gasteiger partial charge in [-0.1, -0.05) is 18.2 Å². The summed E-state index contributed by atoms with van der Waals surface area (Å²) < 4.78 is 1.38. The first kappa shape index (κ1) is 12.2. The summed E-state index contributed by atoms with van der Waals surface area (Å²) in [6.07, 6.45) is 3.43. The lowest BCUT2D eigenvalue weighted by molar-refractivity contribution is 0.208. The van der Waals surface area contributed by atoms with E-state index >= 15 is 0 Å². The van der Waals surface area contributed by atoms with E-state index in [1.54, 1.807) is 0 Å². The molecule has 1 aromatic carbocycles. The van der Waals surface area contributed by atoms with Gasteiger partial charge in [0.25, 0.3) is 0 Å². The van der Waals surface area contributed by atoms with Gasteiger partial charge in [-0.15, -0.1) is 11.3 Å². The second-order valence-corrected chi connectivity index (χ2v) is 6.25. The fourth-order valence-corrected chi connectivity index (χ4v) is 3.37. The van der Waals surface area contributed by atoms with Crippen LogP contribution in [0.4, 0.5) is 0 Å². The molecule has 1 aromatic heterocycles. The highest BCUT2D eigenvalue weighted by Gasteiger charge is 2.41. The SMILES string of the molecule is OCC1(CNCCc2csc3ccccc23)CC1. The Balaban J connectivity index is 1.54. The standard InChI is InChI=1S/C15H19NOS/c17-11-15(6-7-15)10-16-8-5-12-9-18-14-4-2-1-3-13(12)14/h1-4,9,16-17H,5-8,10-11H2. The lowest BCUT2D eigenvalue weighted by Crippen LogP contribution is -2.28. The van der Waals surface area contributed by atoms with Crippen molar-refractivity contribution in [3.05, 3.63) is 35.2 Å². The number of aliphatic hydroxyl groups is 1. The number of nitrogens with one attached hydrogen (secondary N) is 1. The first-order chi connectivity index (χ1) is 8.83. The molecule has 1 saturated carbocycles. The highest BCUT2D eigenvalue weighted by Crippen LogP contribution is 2.44. The molecule has 2 nitrogen and oxygen atoms in total. The van der Waals surface area contributed by atoms with Gasteiger partial charge in [-0.05, 0) is 48.2 Å². The molecule has 3 heteroatoms. The van der Waals surface area contributed by atoms with Crippen molar-refractivity contribution in [1.29, 1.82) is 0 Å². The highest BCUT2D eigenvalue weighted by atomic mass is 32.1. The van der Waals surface area contributed by atoms with E-state index in [4.69, 9.17) is 0 Å². The number of fused-ring (bicyclic) bond motifs is 1. The van der Waals surface area contributed by atoms with Crippen molar-refractivity contribution in [3.8, 4) is 0 Å². The van der Waals surface area contributed by atoms with Gasteiger partial charge in [0.2, 0.25) is 0 Å². The van der Waals surface area contributed by atoms with E-state index < -0.39 is 0 Å². The number of thiophene rings is 1. The molecule has 1 aliphatic rings. The fraction of sp³-hybridized carbons (Fsp3) is 0.467. The van der Waals surface area contributed by atoms with Crippen molar-refractivity contribution in [1.82, 2.24) is 5.32 Å². The van der Waals surface area contributed by atoms with Crippen LogP contribution in [0.25, 0.3) is 10.1 Å². The molecule has 0 aliphatic heterocycles. The lowest BCUT2D eigenvalue weighted by Gasteiger charge is -2.12. The molecule has 96 valence electrons. The third-order valence-electron chi connectivity index (χ3n) is 3.92. The minimum absolute atomic E-state index is 0.219. The van der Waals surface area contributed by atoms with Crippen LogP contribution in [0.1, 0.15) is 18.4 Å². The molecule has 0 amide bonds. The van der Waals surface area contributed by atoms with Crippen LogP contribution >= 0.6 is 11.3 Å². The summed E-state index contributed by atoms with van der Waals surface area (Å²) in [5.74, 6) is 0. The zero-order chi connectivity index (χ0) is 12.4. The maximum absolute atomic E-state index is 9.24. The first-order valence-electron chi connectivity index (χ1n) is 6.60.